The summed E-state index contributed by atoms with van der Waals surface area (Å²) in [5, 5.41) is 0. The zero-order chi connectivity index (χ0) is 27.2. The number of ether oxygens (including phenoxy) is 1. The largest absolute Gasteiger partial charge is 0.464 e. The zero-order valence-corrected chi connectivity index (χ0v) is 26.2. The van der Waals surface area contributed by atoms with Crippen LogP contribution in [-0.2, 0) is 9.53 Å². The molecule has 0 saturated carbocycles. The molecule has 226 valence electrons. The van der Waals surface area contributed by atoms with E-state index in [1.165, 1.54) is 199 Å². The molecule has 0 spiro atoms. The lowest BCUT2D eigenvalue weighted by Crippen LogP contribution is -2.34. The van der Waals surface area contributed by atoms with Crippen molar-refractivity contribution >= 4 is 5.97 Å². The second-order valence-electron chi connectivity index (χ2n) is 12.7. The number of hydrogen-bond donors (Lipinski definition) is 0. The van der Waals surface area contributed by atoms with Gasteiger partial charge in [-0.15, -0.1) is 0 Å². The molecule has 1 saturated heterocycles. The van der Waals surface area contributed by atoms with E-state index in [9.17, 15) is 4.79 Å². The number of hydrogen-bond acceptors (Lipinski definition) is 2. The molecule has 0 aromatic rings. The summed E-state index contributed by atoms with van der Waals surface area (Å²) in [5.41, 5.74) is 0. The van der Waals surface area contributed by atoms with E-state index >= 15 is 0 Å². The van der Waals surface area contributed by atoms with Crippen LogP contribution in [0.3, 0.4) is 0 Å². The minimum atomic E-state index is 0.0376. The molecule has 0 aromatic carbocycles. The van der Waals surface area contributed by atoms with Crippen LogP contribution >= 0.6 is 0 Å². The summed E-state index contributed by atoms with van der Waals surface area (Å²) in [7, 11) is 0. The first-order valence-corrected chi connectivity index (χ1v) is 18.0. The van der Waals surface area contributed by atoms with Crippen LogP contribution in [0.4, 0.5) is 0 Å². The highest BCUT2D eigenvalue weighted by Crippen LogP contribution is 2.21. The van der Waals surface area contributed by atoms with E-state index in [2.05, 4.69) is 6.92 Å². The molecular formula is C36H70O2. The first kappa shape index (κ1) is 35.5. The van der Waals surface area contributed by atoms with Crippen molar-refractivity contribution in [3.8, 4) is 0 Å². The molecule has 1 unspecified atom stereocenters. The lowest BCUT2D eigenvalue weighted by Gasteiger charge is -2.24. The second kappa shape index (κ2) is 29.5. The summed E-state index contributed by atoms with van der Waals surface area (Å²) in [4.78, 5) is 11.1. The number of rotatable bonds is 32. The first-order chi connectivity index (χ1) is 18.8. The van der Waals surface area contributed by atoms with Crippen molar-refractivity contribution in [1.82, 2.24) is 0 Å². The molecular weight excluding hydrogens is 464 g/mol. The Morgan fingerprint density at radius 3 is 0.842 bits per heavy atom. The third kappa shape index (κ3) is 24.5. The van der Waals surface area contributed by atoms with Crippen molar-refractivity contribution in [2.75, 3.05) is 6.61 Å². The summed E-state index contributed by atoms with van der Waals surface area (Å²) in [6, 6.07) is 0. The monoisotopic (exact) mass is 535 g/mol. The van der Waals surface area contributed by atoms with Gasteiger partial charge in [0.25, 0.3) is 0 Å². The lowest BCUT2D eigenvalue weighted by atomic mass is 9.98. The second-order valence-corrected chi connectivity index (χ2v) is 12.7. The van der Waals surface area contributed by atoms with E-state index in [1.54, 1.807) is 0 Å². The third-order valence-electron chi connectivity index (χ3n) is 8.92. The van der Waals surface area contributed by atoms with Crippen molar-refractivity contribution in [3.63, 3.8) is 0 Å². The van der Waals surface area contributed by atoms with Gasteiger partial charge < -0.3 is 4.74 Å². The van der Waals surface area contributed by atoms with Crippen molar-refractivity contribution in [2.24, 2.45) is 5.92 Å². The first-order valence-electron chi connectivity index (χ1n) is 18.0. The fourth-order valence-electron chi connectivity index (χ4n) is 6.06. The minimum absolute atomic E-state index is 0.0376. The Labute approximate surface area is 240 Å². The van der Waals surface area contributed by atoms with Crippen LogP contribution < -0.4 is 0 Å². The smallest absolute Gasteiger partial charge is 0.312 e. The molecule has 0 N–H and O–H groups in total. The Kier molecular flexibility index (Phi) is 27.5. The highest BCUT2D eigenvalue weighted by atomic mass is 16.6. The SMILES string of the molecule is CCCCCCCCCCCCCCCCCCCCCCCCCCCCCCCCCC1COC1=O. The summed E-state index contributed by atoms with van der Waals surface area (Å²) in [6.07, 6.45) is 45.8. The van der Waals surface area contributed by atoms with Gasteiger partial charge in [0.15, 0.2) is 0 Å². The van der Waals surface area contributed by atoms with Gasteiger partial charge >= 0.3 is 5.97 Å². The van der Waals surface area contributed by atoms with Gasteiger partial charge in [0.2, 0.25) is 0 Å². The van der Waals surface area contributed by atoms with E-state index in [-0.39, 0.29) is 11.9 Å². The van der Waals surface area contributed by atoms with Crippen LogP contribution in [0.1, 0.15) is 212 Å². The molecule has 1 aliphatic rings. The van der Waals surface area contributed by atoms with Crippen LogP contribution in [0.5, 0.6) is 0 Å². The Morgan fingerprint density at radius 2 is 0.658 bits per heavy atom. The van der Waals surface area contributed by atoms with Gasteiger partial charge in [0.05, 0.1) is 5.92 Å². The van der Waals surface area contributed by atoms with Crippen LogP contribution in [0.15, 0.2) is 0 Å². The lowest BCUT2D eigenvalue weighted by molar-refractivity contribution is -0.169. The average Bonchev–Trinajstić information content (AvgIpc) is 2.92. The number of carbonyl (C=O) groups excluding carboxylic acids is 1. The molecule has 1 heterocycles. The Morgan fingerprint density at radius 1 is 0.421 bits per heavy atom. The molecule has 1 aliphatic heterocycles. The Bertz CT molecular complexity index is 474. The fourth-order valence-corrected chi connectivity index (χ4v) is 6.06. The highest BCUT2D eigenvalue weighted by molar-refractivity contribution is 5.77. The number of unbranched alkanes of at least 4 members (excludes halogenated alkanes) is 30. The maximum Gasteiger partial charge on any atom is 0.312 e. The molecule has 0 aromatic heterocycles. The number of cyclic esters (lactones) is 1. The standard InChI is InChI=1S/C36H70O2/c1-2-3-4-5-6-7-8-9-10-11-12-13-14-15-16-17-18-19-20-21-22-23-24-25-26-27-28-29-30-31-32-33-35-34-38-36(35)37/h35H,2-34H2,1H3. The van der Waals surface area contributed by atoms with Crippen LogP contribution in [0.2, 0.25) is 0 Å². The van der Waals surface area contributed by atoms with Crippen LogP contribution in [-0.4, -0.2) is 12.6 Å². The Balaban J connectivity index is 1.60. The molecule has 0 radical (unpaired) electrons. The minimum Gasteiger partial charge on any atom is -0.464 e. The summed E-state index contributed by atoms with van der Waals surface area (Å²) >= 11 is 0. The molecule has 0 amide bonds. The van der Waals surface area contributed by atoms with E-state index in [4.69, 9.17) is 4.74 Å². The van der Waals surface area contributed by atoms with Gasteiger partial charge in [-0.25, -0.2) is 0 Å². The Hall–Kier alpha value is -0.530. The van der Waals surface area contributed by atoms with Gasteiger partial charge in [0.1, 0.15) is 6.61 Å². The van der Waals surface area contributed by atoms with E-state index < -0.39 is 0 Å². The van der Waals surface area contributed by atoms with E-state index in [0.29, 0.717) is 6.61 Å². The highest BCUT2D eigenvalue weighted by Gasteiger charge is 2.29. The summed E-state index contributed by atoms with van der Waals surface area (Å²) in [6.45, 7) is 2.98. The van der Waals surface area contributed by atoms with Crippen molar-refractivity contribution in [1.29, 1.82) is 0 Å². The van der Waals surface area contributed by atoms with Gasteiger partial charge in [-0.05, 0) is 6.42 Å². The van der Waals surface area contributed by atoms with Gasteiger partial charge in [0, 0.05) is 0 Å². The number of carbonyl (C=O) groups is 1. The van der Waals surface area contributed by atoms with Gasteiger partial charge in [-0.3, -0.25) is 4.79 Å². The molecule has 0 aliphatic carbocycles. The van der Waals surface area contributed by atoms with Crippen molar-refractivity contribution < 1.29 is 9.53 Å². The van der Waals surface area contributed by atoms with Crippen LogP contribution in [0, 0.1) is 5.92 Å². The van der Waals surface area contributed by atoms with E-state index in [1.807, 2.05) is 0 Å². The molecule has 1 fully saturated rings. The molecule has 2 nitrogen and oxygen atoms in total. The van der Waals surface area contributed by atoms with Crippen molar-refractivity contribution in [2.45, 2.75) is 212 Å². The maximum absolute atomic E-state index is 11.1. The van der Waals surface area contributed by atoms with Gasteiger partial charge in [-0.2, -0.15) is 0 Å². The molecule has 1 rings (SSSR count). The number of esters is 1. The predicted octanol–water partition coefficient (Wildman–Crippen LogP) is 12.7. The topological polar surface area (TPSA) is 26.3 Å². The molecule has 0 bridgehead atoms. The summed E-state index contributed by atoms with van der Waals surface area (Å²) in [5.74, 6) is 0.272. The van der Waals surface area contributed by atoms with Crippen LogP contribution in [0.25, 0.3) is 0 Å². The normalized spacial score (nSPS) is 15.1. The van der Waals surface area contributed by atoms with Gasteiger partial charge in [-0.1, -0.05) is 206 Å². The zero-order valence-electron chi connectivity index (χ0n) is 26.2. The maximum atomic E-state index is 11.1. The predicted molar refractivity (Wildman–Crippen MR) is 168 cm³/mol. The molecule has 2 heteroatoms. The molecule has 1 atom stereocenters. The van der Waals surface area contributed by atoms with E-state index in [0.717, 1.165) is 6.42 Å². The summed E-state index contributed by atoms with van der Waals surface area (Å²) < 4.78 is 4.82. The third-order valence-corrected chi connectivity index (χ3v) is 8.92. The quantitative estimate of drug-likeness (QED) is 0.0633. The molecule has 38 heavy (non-hydrogen) atoms. The average molecular weight is 535 g/mol. The van der Waals surface area contributed by atoms with Crippen molar-refractivity contribution in [3.05, 3.63) is 0 Å². The fraction of sp³-hybridized carbons (Fsp3) is 0.972.